The number of carbonyl (C=O) groups excluding carboxylic acids is 1. The van der Waals surface area contributed by atoms with Crippen molar-refractivity contribution in [2.75, 3.05) is 0 Å². The van der Waals surface area contributed by atoms with Crippen molar-refractivity contribution in [1.82, 2.24) is 0 Å². The van der Waals surface area contributed by atoms with E-state index in [1.54, 1.807) is 0 Å². The number of nitrogens with zero attached hydrogens (tertiary/aromatic N) is 2. The molecule has 1 aromatic rings. The van der Waals surface area contributed by atoms with E-state index in [4.69, 9.17) is 0 Å². The fraction of sp³-hybridized carbons (Fsp3) is 0.300. The molecule has 0 aliphatic carbocycles. The van der Waals surface area contributed by atoms with Crippen LogP contribution in [-0.2, 0) is 0 Å². The molecule has 0 unspecified atom stereocenters. The molecular formula is C10H9FN2O5. The van der Waals surface area contributed by atoms with E-state index in [9.17, 15) is 29.4 Å². The molecule has 0 saturated carbocycles. The van der Waals surface area contributed by atoms with E-state index >= 15 is 0 Å². The number of hydrogen-bond donors (Lipinski definition) is 0. The summed E-state index contributed by atoms with van der Waals surface area (Å²) in [5.74, 6) is -2.83. The molecule has 0 aliphatic heterocycles. The van der Waals surface area contributed by atoms with Gasteiger partial charge in [-0.3, -0.25) is 25.0 Å². The number of Topliss-reactive ketones (excluding diaryl/α,β-unsaturated/α-hetero) is 1. The van der Waals surface area contributed by atoms with Gasteiger partial charge in [0.05, 0.1) is 9.85 Å². The summed E-state index contributed by atoms with van der Waals surface area (Å²) in [4.78, 5) is 31.2. The standard InChI is InChI=1S/C10H9FN2O5/c1-5(2)10(14)8-7(12(15)16)4-3-6(11)9(8)13(17)18/h3-5H,1-2H3. The van der Waals surface area contributed by atoms with Gasteiger partial charge in [-0.15, -0.1) is 0 Å². The third-order valence-electron chi connectivity index (χ3n) is 2.26. The molecule has 0 aromatic heterocycles. The van der Waals surface area contributed by atoms with Crippen LogP contribution in [0, 0.1) is 32.0 Å². The molecule has 0 saturated heterocycles. The van der Waals surface area contributed by atoms with Gasteiger partial charge in [-0.25, -0.2) is 0 Å². The normalized spacial score (nSPS) is 10.4. The third-order valence-corrected chi connectivity index (χ3v) is 2.26. The van der Waals surface area contributed by atoms with Crippen molar-refractivity contribution in [2.24, 2.45) is 5.92 Å². The summed E-state index contributed by atoms with van der Waals surface area (Å²) >= 11 is 0. The zero-order valence-corrected chi connectivity index (χ0v) is 9.55. The average Bonchev–Trinajstić information content (AvgIpc) is 2.26. The quantitative estimate of drug-likeness (QED) is 0.467. The van der Waals surface area contributed by atoms with Gasteiger partial charge < -0.3 is 0 Å². The summed E-state index contributed by atoms with van der Waals surface area (Å²) in [6.07, 6.45) is 0. The molecule has 0 atom stereocenters. The lowest BCUT2D eigenvalue weighted by Crippen LogP contribution is -2.14. The van der Waals surface area contributed by atoms with Gasteiger partial charge in [-0.05, 0) is 6.07 Å². The predicted molar refractivity (Wildman–Crippen MR) is 58.9 cm³/mol. The molecular weight excluding hydrogens is 247 g/mol. The molecule has 0 radical (unpaired) electrons. The topological polar surface area (TPSA) is 103 Å². The van der Waals surface area contributed by atoms with Gasteiger partial charge in [-0.2, -0.15) is 4.39 Å². The van der Waals surface area contributed by atoms with Gasteiger partial charge >= 0.3 is 5.69 Å². The first kappa shape index (κ1) is 13.7. The lowest BCUT2D eigenvalue weighted by atomic mass is 9.97. The lowest BCUT2D eigenvalue weighted by Gasteiger charge is -2.06. The van der Waals surface area contributed by atoms with E-state index in [0.717, 1.165) is 6.07 Å². The maximum atomic E-state index is 13.4. The number of rotatable bonds is 4. The highest BCUT2D eigenvalue weighted by Crippen LogP contribution is 2.32. The lowest BCUT2D eigenvalue weighted by molar-refractivity contribution is -0.396. The number of ketones is 1. The van der Waals surface area contributed by atoms with Crippen molar-refractivity contribution < 1.29 is 19.0 Å². The molecule has 7 nitrogen and oxygen atoms in total. The number of benzene rings is 1. The highest BCUT2D eigenvalue weighted by atomic mass is 19.1. The predicted octanol–water partition coefficient (Wildman–Crippen LogP) is 2.48. The summed E-state index contributed by atoms with van der Waals surface area (Å²) < 4.78 is 13.4. The second-order valence-corrected chi connectivity index (χ2v) is 3.82. The molecule has 1 rings (SSSR count). The van der Waals surface area contributed by atoms with Gasteiger partial charge in [0, 0.05) is 12.0 Å². The second kappa shape index (κ2) is 4.86. The van der Waals surface area contributed by atoms with Crippen LogP contribution in [-0.4, -0.2) is 15.6 Å². The Balaban J connectivity index is 3.69. The Morgan fingerprint density at radius 3 is 2.17 bits per heavy atom. The zero-order chi connectivity index (χ0) is 14.0. The largest absolute Gasteiger partial charge is 0.322 e. The van der Waals surface area contributed by atoms with E-state index in [1.165, 1.54) is 13.8 Å². The fourth-order valence-electron chi connectivity index (χ4n) is 1.42. The maximum Gasteiger partial charge on any atom is 0.322 e. The summed E-state index contributed by atoms with van der Waals surface area (Å²) in [7, 11) is 0. The number of nitro benzene ring substituents is 2. The Morgan fingerprint density at radius 1 is 1.22 bits per heavy atom. The fourth-order valence-corrected chi connectivity index (χ4v) is 1.42. The molecule has 96 valence electrons. The molecule has 0 heterocycles. The van der Waals surface area contributed by atoms with E-state index < -0.39 is 44.3 Å². The van der Waals surface area contributed by atoms with Crippen LogP contribution in [0.2, 0.25) is 0 Å². The van der Waals surface area contributed by atoms with Crippen LogP contribution in [0.3, 0.4) is 0 Å². The first-order chi connectivity index (χ1) is 8.27. The van der Waals surface area contributed by atoms with Crippen LogP contribution in [0.1, 0.15) is 24.2 Å². The molecule has 18 heavy (non-hydrogen) atoms. The van der Waals surface area contributed by atoms with Crippen molar-refractivity contribution >= 4 is 17.2 Å². The van der Waals surface area contributed by atoms with Crippen molar-refractivity contribution in [3.05, 3.63) is 43.7 Å². The Labute approximate surface area is 101 Å². The summed E-state index contributed by atoms with van der Waals surface area (Å²) in [5, 5.41) is 21.5. The smallest absolute Gasteiger partial charge is 0.293 e. The van der Waals surface area contributed by atoms with E-state index in [0.29, 0.717) is 6.07 Å². The molecule has 1 aromatic carbocycles. The molecule has 8 heteroatoms. The Hall–Kier alpha value is -2.38. The van der Waals surface area contributed by atoms with Crippen LogP contribution in [0.4, 0.5) is 15.8 Å². The maximum absolute atomic E-state index is 13.4. The SMILES string of the molecule is CC(C)C(=O)c1c([N+](=O)[O-])ccc(F)c1[N+](=O)[O-]. The monoisotopic (exact) mass is 256 g/mol. The summed E-state index contributed by atoms with van der Waals surface area (Å²) in [6.45, 7) is 2.83. The zero-order valence-electron chi connectivity index (χ0n) is 9.55. The highest BCUT2D eigenvalue weighted by molar-refractivity contribution is 6.04. The summed E-state index contributed by atoms with van der Waals surface area (Å²) in [6, 6.07) is 1.35. The molecule has 0 N–H and O–H groups in total. The first-order valence-corrected chi connectivity index (χ1v) is 4.92. The van der Waals surface area contributed by atoms with Gasteiger partial charge in [0.25, 0.3) is 5.69 Å². The van der Waals surface area contributed by atoms with Crippen LogP contribution in [0.25, 0.3) is 0 Å². The van der Waals surface area contributed by atoms with Gasteiger partial charge in [-0.1, -0.05) is 13.8 Å². The number of halogens is 1. The molecule has 0 bridgehead atoms. The van der Waals surface area contributed by atoms with Crippen LogP contribution in [0.15, 0.2) is 12.1 Å². The Morgan fingerprint density at radius 2 is 1.78 bits per heavy atom. The van der Waals surface area contributed by atoms with Crippen LogP contribution in [0.5, 0.6) is 0 Å². The second-order valence-electron chi connectivity index (χ2n) is 3.82. The van der Waals surface area contributed by atoms with Crippen LogP contribution < -0.4 is 0 Å². The third kappa shape index (κ3) is 2.31. The number of nitro groups is 2. The molecule has 0 spiro atoms. The van der Waals surface area contributed by atoms with E-state index in [2.05, 4.69) is 0 Å². The van der Waals surface area contributed by atoms with Gasteiger partial charge in [0.15, 0.2) is 11.3 Å². The molecule has 0 aliphatic rings. The number of carbonyl (C=O) groups is 1. The van der Waals surface area contributed by atoms with E-state index in [-0.39, 0.29) is 0 Å². The van der Waals surface area contributed by atoms with Crippen molar-refractivity contribution in [2.45, 2.75) is 13.8 Å². The van der Waals surface area contributed by atoms with Crippen molar-refractivity contribution in [1.29, 1.82) is 0 Å². The van der Waals surface area contributed by atoms with Gasteiger partial charge in [0.2, 0.25) is 5.82 Å². The average molecular weight is 256 g/mol. The van der Waals surface area contributed by atoms with E-state index in [1.807, 2.05) is 0 Å². The van der Waals surface area contributed by atoms with Crippen LogP contribution >= 0.6 is 0 Å². The van der Waals surface area contributed by atoms with Crippen molar-refractivity contribution in [3.8, 4) is 0 Å². The Kier molecular flexibility index (Phi) is 3.70. The van der Waals surface area contributed by atoms with Crippen molar-refractivity contribution in [3.63, 3.8) is 0 Å². The first-order valence-electron chi connectivity index (χ1n) is 4.92. The summed E-state index contributed by atoms with van der Waals surface area (Å²) in [5.41, 5.74) is -2.70. The number of hydrogen-bond acceptors (Lipinski definition) is 5. The minimum atomic E-state index is -1.27. The minimum Gasteiger partial charge on any atom is -0.293 e. The molecule has 0 amide bonds. The van der Waals surface area contributed by atoms with Gasteiger partial charge in [0.1, 0.15) is 0 Å². The Bertz CT molecular complexity index is 541. The molecule has 0 fully saturated rings. The highest BCUT2D eigenvalue weighted by Gasteiger charge is 2.34. The minimum absolute atomic E-state index is 0.605.